The number of aromatic amines is 1. The molecule has 0 radical (unpaired) electrons. The Hall–Kier alpha value is -1.14. The Kier molecular flexibility index (Phi) is 5.91. The third kappa shape index (κ3) is 4.09. The standard InChI is InChI=1S/C16H27N2O5P/c1-6-18-9-10(15(20)17-16(18)21)13-14(22-2)12(19)11(23-13)7-8-24(3,4)5/h9,11-14,19H,3,6-8H2,1-2,4-5H3,(H,17,20,21)/t11-,12-,13?,14-/m1/s1. The van der Waals surface area contributed by atoms with Crippen LogP contribution in [0.1, 0.15) is 25.0 Å². The lowest BCUT2D eigenvalue weighted by molar-refractivity contribution is -0.0130. The molecule has 0 aliphatic carbocycles. The summed E-state index contributed by atoms with van der Waals surface area (Å²) in [6.45, 7) is 5.25. The second-order valence-corrected chi connectivity index (χ2v) is 11.2. The normalized spacial score (nSPS) is 27.5. The Bertz CT molecular complexity index is 735. The Balaban J connectivity index is 2.31. The van der Waals surface area contributed by atoms with Gasteiger partial charge in [-0.15, -0.1) is 13.2 Å². The molecular formula is C16H27N2O5P. The van der Waals surface area contributed by atoms with Crippen molar-refractivity contribution < 1.29 is 14.6 Å². The topological polar surface area (TPSA) is 93.6 Å². The van der Waals surface area contributed by atoms with Gasteiger partial charge in [-0.2, -0.15) is 0 Å². The zero-order valence-electron chi connectivity index (χ0n) is 14.7. The van der Waals surface area contributed by atoms with Crippen LogP contribution in [0, 0.1) is 0 Å². The first-order valence-corrected chi connectivity index (χ1v) is 11.1. The first kappa shape index (κ1) is 19.2. The van der Waals surface area contributed by atoms with E-state index in [9.17, 15) is 14.7 Å². The lowest BCUT2D eigenvalue weighted by atomic mass is 10.0. The SMILES string of the molecule is C=P(C)(C)CC[C@H]1OC(c2cn(CC)c(=O)[nH]c2=O)[C@H](OC)[C@@H]1O. The van der Waals surface area contributed by atoms with E-state index in [1.165, 1.54) is 17.9 Å². The van der Waals surface area contributed by atoms with E-state index < -0.39 is 42.6 Å². The maximum absolute atomic E-state index is 12.2. The fourth-order valence-electron chi connectivity index (χ4n) is 2.93. The van der Waals surface area contributed by atoms with Crippen molar-refractivity contribution in [3.05, 3.63) is 32.6 Å². The zero-order valence-corrected chi connectivity index (χ0v) is 15.6. The highest BCUT2D eigenvalue weighted by Crippen LogP contribution is 2.40. The average Bonchev–Trinajstić information content (AvgIpc) is 2.80. The van der Waals surface area contributed by atoms with Gasteiger partial charge in [0.25, 0.3) is 5.56 Å². The van der Waals surface area contributed by atoms with Gasteiger partial charge >= 0.3 is 5.69 Å². The monoisotopic (exact) mass is 358 g/mol. The van der Waals surface area contributed by atoms with Crippen LogP contribution in [0.15, 0.2) is 15.8 Å². The summed E-state index contributed by atoms with van der Waals surface area (Å²) in [6, 6.07) is 0. The molecule has 1 aliphatic heterocycles. The number of aliphatic hydroxyl groups is 1. The second kappa shape index (κ2) is 7.40. The molecular weight excluding hydrogens is 331 g/mol. The van der Waals surface area contributed by atoms with E-state index in [4.69, 9.17) is 9.47 Å². The number of hydrogen-bond acceptors (Lipinski definition) is 5. The third-order valence-corrected chi connectivity index (χ3v) is 5.78. The van der Waals surface area contributed by atoms with Crippen LogP contribution in [0.2, 0.25) is 0 Å². The number of nitrogens with one attached hydrogen (secondary N) is 1. The van der Waals surface area contributed by atoms with Gasteiger partial charge in [-0.1, -0.05) is 0 Å². The fourth-order valence-corrected chi connectivity index (χ4v) is 3.88. The maximum Gasteiger partial charge on any atom is 0.328 e. The van der Waals surface area contributed by atoms with Gasteiger partial charge in [-0.05, 0) is 32.8 Å². The summed E-state index contributed by atoms with van der Waals surface area (Å²) in [5.74, 6) is 0. The molecule has 2 heterocycles. The summed E-state index contributed by atoms with van der Waals surface area (Å²) in [5.41, 5.74) is -0.665. The largest absolute Gasteiger partial charge is 0.388 e. The quantitative estimate of drug-likeness (QED) is 0.721. The average molecular weight is 358 g/mol. The molecule has 1 aromatic rings. The van der Waals surface area contributed by atoms with E-state index in [0.717, 1.165) is 6.16 Å². The molecule has 0 spiro atoms. The van der Waals surface area contributed by atoms with Gasteiger partial charge in [-0.25, -0.2) is 4.79 Å². The molecule has 2 rings (SSSR count). The van der Waals surface area contributed by atoms with E-state index >= 15 is 0 Å². The van der Waals surface area contributed by atoms with Crippen LogP contribution in [0.3, 0.4) is 0 Å². The van der Waals surface area contributed by atoms with Gasteiger partial charge in [-0.3, -0.25) is 9.78 Å². The van der Waals surface area contributed by atoms with Crippen molar-refractivity contribution in [3.8, 4) is 0 Å². The molecule has 8 heteroatoms. The van der Waals surface area contributed by atoms with Crippen LogP contribution in [0.4, 0.5) is 0 Å². The predicted molar refractivity (Wildman–Crippen MR) is 96.8 cm³/mol. The Morgan fingerprint density at radius 2 is 2.12 bits per heavy atom. The molecule has 2 N–H and O–H groups in total. The van der Waals surface area contributed by atoms with E-state index in [2.05, 4.69) is 24.6 Å². The van der Waals surface area contributed by atoms with Crippen molar-refractivity contribution in [2.75, 3.05) is 26.6 Å². The van der Waals surface area contributed by atoms with E-state index in [0.29, 0.717) is 18.5 Å². The highest BCUT2D eigenvalue weighted by molar-refractivity contribution is 7.72. The highest BCUT2D eigenvalue weighted by atomic mass is 31.2. The number of H-pyrrole nitrogens is 1. The van der Waals surface area contributed by atoms with Crippen molar-refractivity contribution >= 4 is 13.2 Å². The summed E-state index contributed by atoms with van der Waals surface area (Å²) in [6.07, 6.45) is 4.60. The van der Waals surface area contributed by atoms with E-state index in [1.807, 2.05) is 6.92 Å². The van der Waals surface area contributed by atoms with Gasteiger partial charge in [0.15, 0.2) is 0 Å². The molecule has 0 amide bonds. The number of aliphatic hydroxyl groups excluding tert-OH is 1. The van der Waals surface area contributed by atoms with Crippen molar-refractivity contribution in [2.24, 2.45) is 0 Å². The van der Waals surface area contributed by atoms with Gasteiger partial charge in [0.05, 0.1) is 11.7 Å². The Morgan fingerprint density at radius 1 is 1.46 bits per heavy atom. The summed E-state index contributed by atoms with van der Waals surface area (Å²) in [4.78, 5) is 26.2. The van der Waals surface area contributed by atoms with Crippen LogP contribution >= 0.6 is 6.89 Å². The van der Waals surface area contributed by atoms with Gasteiger partial charge in [0.2, 0.25) is 0 Å². The van der Waals surface area contributed by atoms with Crippen molar-refractivity contribution in [2.45, 2.75) is 44.3 Å². The molecule has 1 fully saturated rings. The van der Waals surface area contributed by atoms with Gasteiger partial charge in [0, 0.05) is 19.9 Å². The Labute approximate surface area is 141 Å². The minimum Gasteiger partial charge on any atom is -0.388 e. The molecule has 4 atom stereocenters. The number of ether oxygens (including phenoxy) is 2. The number of hydrogen-bond donors (Lipinski definition) is 2. The van der Waals surface area contributed by atoms with E-state index in [1.54, 1.807) is 0 Å². The predicted octanol–water partition coefficient (Wildman–Crippen LogP) is 0.472. The van der Waals surface area contributed by atoms with Crippen LogP contribution < -0.4 is 11.2 Å². The minimum atomic E-state index is -1.24. The van der Waals surface area contributed by atoms with Crippen LogP contribution in [0.25, 0.3) is 0 Å². The van der Waals surface area contributed by atoms with E-state index in [-0.39, 0.29) is 0 Å². The zero-order chi connectivity index (χ0) is 18.1. The number of nitrogens with zero attached hydrogens (tertiary/aromatic N) is 1. The summed E-state index contributed by atoms with van der Waals surface area (Å²) in [7, 11) is 1.48. The molecule has 136 valence electrons. The molecule has 1 aromatic heterocycles. The summed E-state index contributed by atoms with van der Waals surface area (Å²) < 4.78 is 12.7. The van der Waals surface area contributed by atoms with Crippen molar-refractivity contribution in [1.29, 1.82) is 0 Å². The highest BCUT2D eigenvalue weighted by Gasteiger charge is 2.45. The summed E-state index contributed by atoms with van der Waals surface area (Å²) >= 11 is 0. The minimum absolute atomic E-state index is 0.300. The third-order valence-electron chi connectivity index (χ3n) is 4.31. The lowest BCUT2D eigenvalue weighted by Crippen LogP contribution is -2.36. The van der Waals surface area contributed by atoms with Crippen molar-refractivity contribution in [3.63, 3.8) is 0 Å². The molecule has 24 heavy (non-hydrogen) atoms. The maximum atomic E-state index is 12.2. The lowest BCUT2D eigenvalue weighted by Gasteiger charge is -2.19. The molecule has 0 aromatic carbocycles. The molecule has 0 saturated carbocycles. The molecule has 1 aliphatic rings. The van der Waals surface area contributed by atoms with Crippen molar-refractivity contribution in [1.82, 2.24) is 9.55 Å². The number of aryl methyl sites for hydroxylation is 1. The number of aromatic nitrogens is 2. The number of methoxy groups -OCH3 is 1. The molecule has 7 nitrogen and oxygen atoms in total. The fraction of sp³-hybridized carbons (Fsp3) is 0.688. The van der Waals surface area contributed by atoms with Gasteiger partial charge < -0.3 is 19.1 Å². The molecule has 1 saturated heterocycles. The van der Waals surface area contributed by atoms with Crippen LogP contribution in [-0.4, -0.2) is 65.9 Å². The summed E-state index contributed by atoms with van der Waals surface area (Å²) in [5, 5.41) is 10.5. The second-order valence-electron chi connectivity index (χ2n) is 6.86. The molecule has 1 unspecified atom stereocenters. The van der Waals surface area contributed by atoms with Gasteiger partial charge in [0.1, 0.15) is 18.3 Å². The molecule has 0 bridgehead atoms. The first-order valence-electron chi connectivity index (χ1n) is 8.05. The van der Waals surface area contributed by atoms with Crippen LogP contribution in [-0.2, 0) is 16.0 Å². The van der Waals surface area contributed by atoms with Crippen LogP contribution in [0.5, 0.6) is 0 Å². The first-order chi connectivity index (χ1) is 11.2. The smallest absolute Gasteiger partial charge is 0.328 e. The Morgan fingerprint density at radius 3 is 2.67 bits per heavy atom. The number of rotatable bonds is 6.